The van der Waals surface area contributed by atoms with Crippen LogP contribution in [0.3, 0.4) is 0 Å². The van der Waals surface area contributed by atoms with E-state index in [1.54, 1.807) is 0 Å². The molecule has 1 fully saturated rings. The van der Waals surface area contributed by atoms with Gasteiger partial charge in [0.05, 0.1) is 12.2 Å². The van der Waals surface area contributed by atoms with Crippen LogP contribution in [0.25, 0.3) is 0 Å². The molecule has 7 heteroatoms. The first-order chi connectivity index (χ1) is 14.5. The predicted octanol–water partition coefficient (Wildman–Crippen LogP) is 2.37. The minimum Gasteiger partial charge on any atom is -0.354 e. The van der Waals surface area contributed by atoms with E-state index in [4.69, 9.17) is 0 Å². The molecule has 1 aliphatic rings. The summed E-state index contributed by atoms with van der Waals surface area (Å²) in [7, 11) is 8.05. The van der Waals surface area contributed by atoms with Gasteiger partial charge in [-0.25, -0.2) is 0 Å². The van der Waals surface area contributed by atoms with Crippen LogP contribution in [-0.2, 0) is 7.05 Å². The van der Waals surface area contributed by atoms with E-state index in [0.717, 1.165) is 45.1 Å². The van der Waals surface area contributed by atoms with Crippen molar-refractivity contribution in [3.05, 3.63) is 53.9 Å². The number of guanidine groups is 1. The summed E-state index contributed by atoms with van der Waals surface area (Å²) in [5.74, 6) is 0.984. The lowest BCUT2D eigenvalue weighted by Crippen LogP contribution is -2.53. The summed E-state index contributed by atoms with van der Waals surface area (Å²) in [6, 6.07) is 11.6. The van der Waals surface area contributed by atoms with Crippen LogP contribution in [0.5, 0.6) is 0 Å². The molecule has 1 aromatic carbocycles. The van der Waals surface area contributed by atoms with Gasteiger partial charge in [-0.3, -0.25) is 14.6 Å². The van der Waals surface area contributed by atoms with E-state index < -0.39 is 0 Å². The van der Waals surface area contributed by atoms with Gasteiger partial charge in [-0.2, -0.15) is 5.10 Å². The summed E-state index contributed by atoms with van der Waals surface area (Å²) in [6.45, 7) is 7.16. The Morgan fingerprint density at radius 3 is 2.37 bits per heavy atom. The first-order valence-electron chi connectivity index (χ1n) is 10.9. The molecule has 1 aromatic heterocycles. The molecule has 30 heavy (non-hydrogen) atoms. The highest BCUT2D eigenvalue weighted by Gasteiger charge is 2.26. The van der Waals surface area contributed by atoms with Crippen molar-refractivity contribution >= 4 is 5.96 Å². The number of aryl methyl sites for hydroxylation is 1. The van der Waals surface area contributed by atoms with Gasteiger partial charge in [-0.1, -0.05) is 37.3 Å². The summed E-state index contributed by atoms with van der Waals surface area (Å²) in [6.07, 6.45) is 5.16. The number of likely N-dealkylation sites (N-methyl/N-ethyl adjacent to an activating group) is 1. The fourth-order valence-corrected chi connectivity index (χ4v) is 4.36. The maximum Gasteiger partial charge on any atom is 0.193 e. The molecule has 2 unspecified atom stereocenters. The SMILES string of the molecule is CCC(c1ccccc1)N1CCN(C(=NC)NCC(c2cnn(C)c2)N(C)C)CC1. The maximum absolute atomic E-state index is 4.56. The summed E-state index contributed by atoms with van der Waals surface area (Å²) in [5, 5.41) is 7.93. The normalized spacial score (nSPS) is 17.9. The Kier molecular flexibility index (Phi) is 7.87. The lowest BCUT2D eigenvalue weighted by molar-refractivity contribution is 0.126. The Balaban J connectivity index is 1.57. The first kappa shape index (κ1) is 22.3. The van der Waals surface area contributed by atoms with Crippen LogP contribution in [0, 0.1) is 0 Å². The van der Waals surface area contributed by atoms with Gasteiger partial charge >= 0.3 is 0 Å². The highest BCUT2D eigenvalue weighted by atomic mass is 15.4. The molecule has 0 saturated carbocycles. The highest BCUT2D eigenvalue weighted by molar-refractivity contribution is 5.80. The maximum atomic E-state index is 4.56. The summed E-state index contributed by atoms with van der Waals surface area (Å²) >= 11 is 0. The predicted molar refractivity (Wildman–Crippen MR) is 124 cm³/mol. The molecular formula is C23H37N7. The fourth-order valence-electron chi connectivity index (χ4n) is 4.36. The third-order valence-electron chi connectivity index (χ3n) is 6.02. The first-order valence-corrected chi connectivity index (χ1v) is 10.9. The molecule has 1 saturated heterocycles. The van der Waals surface area contributed by atoms with Crippen LogP contribution in [-0.4, -0.2) is 84.3 Å². The van der Waals surface area contributed by atoms with Crippen LogP contribution in [0.1, 0.15) is 36.6 Å². The van der Waals surface area contributed by atoms with E-state index in [9.17, 15) is 0 Å². The van der Waals surface area contributed by atoms with Gasteiger partial charge in [0.2, 0.25) is 0 Å². The molecule has 2 heterocycles. The Hall–Kier alpha value is -2.38. The van der Waals surface area contributed by atoms with Crippen molar-refractivity contribution in [1.29, 1.82) is 0 Å². The molecule has 1 aliphatic heterocycles. The van der Waals surface area contributed by atoms with E-state index in [1.807, 2.05) is 25.0 Å². The van der Waals surface area contributed by atoms with E-state index >= 15 is 0 Å². The minimum atomic E-state index is 0.249. The van der Waals surface area contributed by atoms with E-state index in [-0.39, 0.29) is 6.04 Å². The number of hydrogen-bond acceptors (Lipinski definition) is 4. The molecule has 0 spiro atoms. The van der Waals surface area contributed by atoms with Crippen LogP contribution in [0.15, 0.2) is 47.7 Å². The van der Waals surface area contributed by atoms with Crippen molar-refractivity contribution < 1.29 is 0 Å². The molecule has 0 amide bonds. The zero-order valence-electron chi connectivity index (χ0n) is 19.1. The Morgan fingerprint density at radius 1 is 1.13 bits per heavy atom. The molecule has 164 valence electrons. The van der Waals surface area contributed by atoms with E-state index in [0.29, 0.717) is 6.04 Å². The number of piperazine rings is 1. The Bertz CT molecular complexity index is 791. The topological polar surface area (TPSA) is 51.9 Å². The third kappa shape index (κ3) is 5.40. The Labute approximate surface area is 181 Å². The molecule has 0 bridgehead atoms. The number of benzene rings is 1. The number of aromatic nitrogens is 2. The number of aliphatic imine (C=N–C) groups is 1. The second-order valence-electron chi connectivity index (χ2n) is 8.21. The lowest BCUT2D eigenvalue weighted by Gasteiger charge is -2.40. The highest BCUT2D eigenvalue weighted by Crippen LogP contribution is 2.25. The molecule has 0 radical (unpaired) electrons. The van der Waals surface area contributed by atoms with Gasteiger partial charge in [-0.15, -0.1) is 0 Å². The average molecular weight is 412 g/mol. The van der Waals surface area contributed by atoms with Gasteiger partial charge < -0.3 is 15.1 Å². The van der Waals surface area contributed by atoms with Crippen molar-refractivity contribution in [1.82, 2.24) is 29.8 Å². The number of nitrogens with zero attached hydrogens (tertiary/aromatic N) is 6. The lowest BCUT2D eigenvalue weighted by atomic mass is 10.0. The van der Waals surface area contributed by atoms with Crippen LogP contribution >= 0.6 is 0 Å². The van der Waals surface area contributed by atoms with Crippen molar-refractivity contribution in [3.63, 3.8) is 0 Å². The largest absolute Gasteiger partial charge is 0.354 e. The van der Waals surface area contributed by atoms with Crippen LogP contribution in [0.4, 0.5) is 0 Å². The van der Waals surface area contributed by atoms with Gasteiger partial charge in [0.15, 0.2) is 5.96 Å². The van der Waals surface area contributed by atoms with Crippen LogP contribution < -0.4 is 5.32 Å². The average Bonchev–Trinajstić information content (AvgIpc) is 3.19. The van der Waals surface area contributed by atoms with Gasteiger partial charge in [0, 0.05) is 64.6 Å². The summed E-state index contributed by atoms with van der Waals surface area (Å²) in [5.41, 5.74) is 2.63. The number of nitrogens with one attached hydrogen (secondary N) is 1. The van der Waals surface area contributed by atoms with Gasteiger partial charge in [-0.05, 0) is 26.1 Å². The summed E-state index contributed by atoms with van der Waals surface area (Å²) < 4.78 is 1.86. The zero-order chi connectivity index (χ0) is 21.5. The molecule has 2 atom stereocenters. The number of hydrogen-bond donors (Lipinski definition) is 1. The monoisotopic (exact) mass is 411 g/mol. The van der Waals surface area contributed by atoms with Crippen LogP contribution in [0.2, 0.25) is 0 Å². The number of rotatable bonds is 7. The molecular weight excluding hydrogens is 374 g/mol. The second-order valence-corrected chi connectivity index (χ2v) is 8.21. The van der Waals surface area contributed by atoms with Crippen molar-refractivity contribution in [3.8, 4) is 0 Å². The standard InChI is InChI=1S/C23H37N7/c1-6-21(19-10-8-7-9-11-19)29-12-14-30(15-13-29)23(24-2)25-17-22(27(3)4)20-16-26-28(5)18-20/h7-11,16,18,21-22H,6,12-15,17H2,1-5H3,(H,24,25). The van der Waals surface area contributed by atoms with Crippen molar-refractivity contribution in [2.24, 2.45) is 12.0 Å². The van der Waals surface area contributed by atoms with Gasteiger partial charge in [0.1, 0.15) is 0 Å². The molecule has 7 nitrogen and oxygen atoms in total. The Morgan fingerprint density at radius 2 is 1.83 bits per heavy atom. The van der Waals surface area contributed by atoms with Crippen molar-refractivity contribution in [2.45, 2.75) is 25.4 Å². The third-order valence-corrected chi connectivity index (χ3v) is 6.02. The summed E-state index contributed by atoms with van der Waals surface area (Å²) in [4.78, 5) is 11.8. The quantitative estimate of drug-likeness (QED) is 0.560. The van der Waals surface area contributed by atoms with Gasteiger partial charge in [0.25, 0.3) is 0 Å². The fraction of sp³-hybridized carbons (Fsp3) is 0.565. The van der Waals surface area contributed by atoms with E-state index in [2.05, 4.69) is 87.7 Å². The molecule has 3 rings (SSSR count). The minimum absolute atomic E-state index is 0.249. The molecule has 0 aliphatic carbocycles. The zero-order valence-corrected chi connectivity index (χ0v) is 19.1. The second kappa shape index (κ2) is 10.6. The smallest absolute Gasteiger partial charge is 0.193 e. The van der Waals surface area contributed by atoms with E-state index in [1.165, 1.54) is 11.1 Å². The van der Waals surface area contributed by atoms with Crippen molar-refractivity contribution in [2.75, 3.05) is 53.9 Å². The molecule has 2 aromatic rings. The molecule has 1 N–H and O–H groups in total.